The molecule has 152 valence electrons. The number of nitrogens with one attached hydrogen (secondary N) is 1. The van der Waals surface area contributed by atoms with Gasteiger partial charge in [-0.3, -0.25) is 14.8 Å². The molecule has 8 nitrogen and oxygen atoms in total. The van der Waals surface area contributed by atoms with Crippen LogP contribution < -0.4 is 0 Å². The number of likely N-dealkylation sites (tertiary alicyclic amines) is 1. The molecule has 2 N–H and O–H groups in total. The number of H-pyrrole nitrogens is 1. The predicted molar refractivity (Wildman–Crippen MR) is 103 cm³/mol. The van der Waals surface area contributed by atoms with Crippen molar-refractivity contribution in [2.45, 2.75) is 13.3 Å². The molecule has 28 heavy (non-hydrogen) atoms. The number of ether oxygens (including phenoxy) is 1. The van der Waals surface area contributed by atoms with E-state index in [-0.39, 0.29) is 18.4 Å². The average Bonchev–Trinajstić information content (AvgIpc) is 3.37. The Balaban J connectivity index is 1.44. The van der Waals surface area contributed by atoms with Crippen LogP contribution in [0.3, 0.4) is 0 Å². The molecule has 0 unspecified atom stereocenters. The summed E-state index contributed by atoms with van der Waals surface area (Å²) in [6, 6.07) is 5.47. The van der Waals surface area contributed by atoms with E-state index in [0.29, 0.717) is 36.2 Å². The van der Waals surface area contributed by atoms with E-state index in [1.165, 1.54) is 0 Å². The number of rotatable bonds is 5. The number of morpholine rings is 1. The summed E-state index contributed by atoms with van der Waals surface area (Å²) >= 11 is 0. The smallest absolute Gasteiger partial charge is 0.274 e. The number of aryl methyl sites for hydroxylation is 1. The maximum Gasteiger partial charge on any atom is 0.274 e. The highest BCUT2D eigenvalue weighted by Gasteiger charge is 2.32. The number of carbonyl (C=O) groups excluding carboxylic acids is 1. The highest BCUT2D eigenvalue weighted by Crippen LogP contribution is 2.26. The third-order valence-corrected chi connectivity index (χ3v) is 5.59. The number of hydrogen-bond donors (Lipinski definition) is 2. The number of amides is 1. The van der Waals surface area contributed by atoms with Crippen molar-refractivity contribution in [3.8, 4) is 11.5 Å². The Kier molecular flexibility index (Phi) is 5.79. The van der Waals surface area contributed by atoms with Gasteiger partial charge in [-0.1, -0.05) is 0 Å². The minimum Gasteiger partial charge on any atom is -0.460 e. The van der Waals surface area contributed by atoms with Crippen molar-refractivity contribution in [3.05, 3.63) is 29.7 Å². The minimum absolute atomic E-state index is 0.0981. The van der Waals surface area contributed by atoms with Gasteiger partial charge in [0.25, 0.3) is 5.91 Å². The number of aliphatic hydroxyl groups is 1. The van der Waals surface area contributed by atoms with E-state index in [2.05, 4.69) is 15.1 Å². The molecule has 0 radical (unpaired) electrons. The van der Waals surface area contributed by atoms with Crippen LogP contribution in [0.4, 0.5) is 0 Å². The van der Waals surface area contributed by atoms with E-state index < -0.39 is 0 Å². The minimum atomic E-state index is -0.101. The largest absolute Gasteiger partial charge is 0.460 e. The van der Waals surface area contributed by atoms with Crippen molar-refractivity contribution in [1.29, 1.82) is 0 Å². The average molecular weight is 388 g/mol. The molecular formula is C20H28N4O4. The number of piperidine rings is 1. The molecule has 0 saturated carbocycles. The molecule has 0 spiro atoms. The number of hydrogen-bond acceptors (Lipinski definition) is 6. The zero-order valence-corrected chi connectivity index (χ0v) is 16.3. The summed E-state index contributed by atoms with van der Waals surface area (Å²) in [6.45, 7) is 7.55. The monoisotopic (exact) mass is 388 g/mol. The summed E-state index contributed by atoms with van der Waals surface area (Å²) < 4.78 is 11.0. The third-order valence-electron chi connectivity index (χ3n) is 5.59. The molecular weight excluding hydrogens is 360 g/mol. The van der Waals surface area contributed by atoms with E-state index in [0.717, 1.165) is 45.0 Å². The van der Waals surface area contributed by atoms with E-state index in [9.17, 15) is 9.90 Å². The zero-order chi connectivity index (χ0) is 19.5. The number of aromatic amines is 1. The fraction of sp³-hybridized carbons (Fsp3) is 0.600. The summed E-state index contributed by atoms with van der Waals surface area (Å²) in [5.74, 6) is 1.83. The number of aromatic nitrogens is 2. The molecule has 2 saturated heterocycles. The third kappa shape index (κ3) is 4.29. The topological polar surface area (TPSA) is 94.8 Å². The van der Waals surface area contributed by atoms with Gasteiger partial charge in [0.1, 0.15) is 11.5 Å². The van der Waals surface area contributed by atoms with Crippen LogP contribution in [0, 0.1) is 18.8 Å². The summed E-state index contributed by atoms with van der Waals surface area (Å²) in [6.07, 6.45) is 0.940. The molecule has 4 heterocycles. The standard InChI is InChI=1S/C20H28N4O4/c1-14-2-3-19(28-14)17-9-18(22-21-17)20(26)24-11-15(8-16(12-24)13-25)10-23-4-6-27-7-5-23/h2-3,9,15-16,25H,4-8,10-13H2,1H3,(H,21,22)/t15-,16-/m1/s1. The van der Waals surface area contributed by atoms with Crippen molar-refractivity contribution >= 4 is 5.91 Å². The second-order valence-corrected chi connectivity index (χ2v) is 7.85. The molecule has 8 heteroatoms. The molecule has 2 fully saturated rings. The van der Waals surface area contributed by atoms with Gasteiger partial charge in [0, 0.05) is 45.4 Å². The fourth-order valence-electron chi connectivity index (χ4n) is 4.20. The van der Waals surface area contributed by atoms with Crippen LogP contribution in [0.1, 0.15) is 22.7 Å². The maximum atomic E-state index is 13.0. The zero-order valence-electron chi connectivity index (χ0n) is 16.3. The van der Waals surface area contributed by atoms with Crippen LogP contribution >= 0.6 is 0 Å². The molecule has 2 aromatic heterocycles. The highest BCUT2D eigenvalue weighted by molar-refractivity contribution is 5.93. The SMILES string of the molecule is Cc1ccc(-c2cc(C(=O)N3C[C@H](CO)C[C@H](CN4CCOCC4)C3)n[nH]2)o1. The van der Waals surface area contributed by atoms with Gasteiger partial charge in [0.2, 0.25) is 0 Å². The van der Waals surface area contributed by atoms with Gasteiger partial charge in [-0.05, 0) is 37.3 Å². The van der Waals surface area contributed by atoms with Crippen LogP contribution in [0.25, 0.3) is 11.5 Å². The van der Waals surface area contributed by atoms with E-state index in [1.807, 2.05) is 24.0 Å². The van der Waals surface area contributed by atoms with E-state index in [4.69, 9.17) is 9.15 Å². The molecule has 2 aromatic rings. The summed E-state index contributed by atoms with van der Waals surface area (Å²) in [4.78, 5) is 17.3. The number of carbonyl (C=O) groups is 1. The Hall–Kier alpha value is -2.16. The molecule has 0 aliphatic carbocycles. The van der Waals surface area contributed by atoms with Crippen molar-refractivity contribution < 1.29 is 19.1 Å². The van der Waals surface area contributed by atoms with E-state index >= 15 is 0 Å². The van der Waals surface area contributed by atoms with Gasteiger partial charge in [-0.15, -0.1) is 0 Å². The summed E-state index contributed by atoms with van der Waals surface area (Å²) in [7, 11) is 0. The second-order valence-electron chi connectivity index (χ2n) is 7.85. The lowest BCUT2D eigenvalue weighted by molar-refractivity contribution is 0.0129. The molecule has 0 aromatic carbocycles. The van der Waals surface area contributed by atoms with Gasteiger partial charge in [0.15, 0.2) is 11.5 Å². The molecule has 2 aliphatic heterocycles. The van der Waals surface area contributed by atoms with Crippen LogP contribution in [-0.2, 0) is 4.74 Å². The number of furan rings is 1. The Morgan fingerprint density at radius 1 is 1.29 bits per heavy atom. The Morgan fingerprint density at radius 3 is 2.79 bits per heavy atom. The molecule has 2 atom stereocenters. The van der Waals surface area contributed by atoms with Crippen LogP contribution in [0.2, 0.25) is 0 Å². The van der Waals surface area contributed by atoms with Gasteiger partial charge in [0.05, 0.1) is 13.2 Å². The van der Waals surface area contributed by atoms with E-state index in [1.54, 1.807) is 6.07 Å². The first-order valence-electron chi connectivity index (χ1n) is 9.95. The van der Waals surface area contributed by atoms with Crippen molar-refractivity contribution in [1.82, 2.24) is 20.0 Å². The van der Waals surface area contributed by atoms with Crippen LogP contribution in [0.5, 0.6) is 0 Å². The van der Waals surface area contributed by atoms with Crippen LogP contribution in [0.15, 0.2) is 22.6 Å². The fourth-order valence-corrected chi connectivity index (χ4v) is 4.20. The Labute approximate surface area is 164 Å². The van der Waals surface area contributed by atoms with Crippen molar-refractivity contribution in [2.75, 3.05) is 52.5 Å². The second kappa shape index (κ2) is 8.46. The lowest BCUT2D eigenvalue weighted by Crippen LogP contribution is -2.49. The highest BCUT2D eigenvalue weighted by atomic mass is 16.5. The lowest BCUT2D eigenvalue weighted by atomic mass is 9.89. The van der Waals surface area contributed by atoms with Crippen molar-refractivity contribution in [2.24, 2.45) is 11.8 Å². The Bertz CT molecular complexity index is 796. The first kappa shape index (κ1) is 19.2. The predicted octanol–water partition coefficient (Wildman–Crippen LogP) is 1.38. The Morgan fingerprint density at radius 2 is 2.07 bits per heavy atom. The molecule has 2 aliphatic rings. The van der Waals surface area contributed by atoms with Crippen molar-refractivity contribution in [3.63, 3.8) is 0 Å². The first-order chi connectivity index (χ1) is 13.6. The molecule has 1 amide bonds. The maximum absolute atomic E-state index is 13.0. The van der Waals surface area contributed by atoms with Crippen LogP contribution in [-0.4, -0.2) is 83.6 Å². The normalized spacial score (nSPS) is 23.9. The number of aliphatic hydroxyl groups excluding tert-OH is 1. The number of nitrogens with zero attached hydrogens (tertiary/aromatic N) is 3. The summed E-state index contributed by atoms with van der Waals surface area (Å²) in [5, 5.41) is 16.8. The lowest BCUT2D eigenvalue weighted by Gasteiger charge is -2.39. The van der Waals surface area contributed by atoms with Gasteiger partial charge in [-0.2, -0.15) is 5.10 Å². The first-order valence-corrected chi connectivity index (χ1v) is 9.95. The molecule has 0 bridgehead atoms. The summed E-state index contributed by atoms with van der Waals surface area (Å²) in [5.41, 5.74) is 1.07. The van der Waals surface area contributed by atoms with Gasteiger partial charge >= 0.3 is 0 Å². The van der Waals surface area contributed by atoms with Gasteiger partial charge in [-0.25, -0.2) is 0 Å². The van der Waals surface area contributed by atoms with Gasteiger partial charge < -0.3 is 19.2 Å². The quantitative estimate of drug-likeness (QED) is 0.804. The molecule has 4 rings (SSSR count).